The molecule has 10 heteroatoms. The number of nitrogens with zero attached hydrogens (tertiary/aromatic N) is 2. The molecule has 0 atom stereocenters. The van der Waals surface area contributed by atoms with Gasteiger partial charge in [-0.15, -0.1) is 0 Å². The number of sulfonamides is 1. The molecule has 0 bridgehead atoms. The fourth-order valence-corrected chi connectivity index (χ4v) is 3.78. The molecule has 0 fully saturated rings. The highest BCUT2D eigenvalue weighted by Crippen LogP contribution is 2.22. The van der Waals surface area contributed by atoms with Gasteiger partial charge in [-0.1, -0.05) is 24.3 Å². The second-order valence-corrected chi connectivity index (χ2v) is 8.99. The van der Waals surface area contributed by atoms with E-state index in [1.165, 1.54) is 36.4 Å². The second kappa shape index (κ2) is 8.56. The first-order valence-electron chi connectivity index (χ1n) is 8.65. The Morgan fingerprint density at radius 3 is 2.24 bits per heavy atom. The number of nitro groups is 1. The summed E-state index contributed by atoms with van der Waals surface area (Å²) in [6, 6.07) is 10.2. The molecule has 0 aromatic heterocycles. The number of benzene rings is 2. The smallest absolute Gasteiger partial charge is 0.424 e. The number of nitro benzene ring substituents is 1. The van der Waals surface area contributed by atoms with E-state index in [4.69, 9.17) is 4.74 Å². The van der Waals surface area contributed by atoms with Gasteiger partial charge in [0.1, 0.15) is 16.3 Å². The molecule has 2 rings (SSSR count). The van der Waals surface area contributed by atoms with E-state index in [0.717, 1.165) is 12.1 Å². The maximum atomic E-state index is 14.1. The maximum Gasteiger partial charge on any atom is 0.424 e. The number of carbonyl (C=O) groups is 1. The van der Waals surface area contributed by atoms with Crippen LogP contribution in [0.4, 0.5) is 14.9 Å². The van der Waals surface area contributed by atoms with Crippen LogP contribution in [0.5, 0.6) is 0 Å². The molecule has 0 N–H and O–H groups in total. The SMILES string of the molecule is CC(C)(C)OC(=O)N(CCc1ccc([N+](=O)[O-])cc1)S(=O)(=O)c1ccccc1F. The summed E-state index contributed by atoms with van der Waals surface area (Å²) < 4.78 is 45.6. The summed E-state index contributed by atoms with van der Waals surface area (Å²) in [4.78, 5) is 22.1. The zero-order valence-corrected chi connectivity index (χ0v) is 17.0. The molecule has 0 aliphatic carbocycles. The van der Waals surface area contributed by atoms with Crippen molar-refractivity contribution in [2.24, 2.45) is 0 Å². The minimum atomic E-state index is -4.52. The van der Waals surface area contributed by atoms with Gasteiger partial charge < -0.3 is 4.74 Å². The normalized spacial score (nSPS) is 11.7. The lowest BCUT2D eigenvalue weighted by atomic mass is 10.1. The van der Waals surface area contributed by atoms with Gasteiger partial charge in [0.05, 0.1) is 4.92 Å². The van der Waals surface area contributed by atoms with E-state index < -0.39 is 37.4 Å². The third kappa shape index (κ3) is 5.74. The number of non-ortho nitro benzene ring substituents is 1. The Morgan fingerprint density at radius 2 is 1.72 bits per heavy atom. The fourth-order valence-electron chi connectivity index (χ4n) is 2.41. The average molecular weight is 424 g/mol. The average Bonchev–Trinajstić information content (AvgIpc) is 2.60. The molecule has 8 nitrogen and oxygen atoms in total. The number of carbonyl (C=O) groups excluding carboxylic acids is 1. The van der Waals surface area contributed by atoms with Crippen LogP contribution >= 0.6 is 0 Å². The number of rotatable bonds is 6. The van der Waals surface area contributed by atoms with E-state index in [0.29, 0.717) is 9.87 Å². The summed E-state index contributed by atoms with van der Waals surface area (Å²) in [5.41, 5.74) is -0.516. The molecule has 2 aromatic carbocycles. The Balaban J connectivity index is 2.33. The quantitative estimate of drug-likeness (QED) is 0.514. The summed E-state index contributed by atoms with van der Waals surface area (Å²) in [6.07, 6.45) is -1.08. The van der Waals surface area contributed by atoms with Crippen molar-refractivity contribution in [3.05, 3.63) is 70.0 Å². The lowest BCUT2D eigenvalue weighted by Gasteiger charge is -2.27. The summed E-state index contributed by atoms with van der Waals surface area (Å²) in [5, 5.41) is 10.7. The van der Waals surface area contributed by atoms with Gasteiger partial charge in [0, 0.05) is 18.7 Å². The molecular formula is C19H21FN2O6S. The van der Waals surface area contributed by atoms with Crippen molar-refractivity contribution in [2.45, 2.75) is 37.7 Å². The van der Waals surface area contributed by atoms with Crippen LogP contribution < -0.4 is 0 Å². The van der Waals surface area contributed by atoms with Crippen molar-refractivity contribution in [1.29, 1.82) is 0 Å². The molecule has 1 amide bonds. The van der Waals surface area contributed by atoms with Crippen LogP contribution in [-0.2, 0) is 21.2 Å². The van der Waals surface area contributed by atoms with E-state index in [1.807, 2.05) is 0 Å². The van der Waals surface area contributed by atoms with Crippen LogP contribution in [-0.4, -0.2) is 35.9 Å². The van der Waals surface area contributed by atoms with Crippen molar-refractivity contribution in [3.8, 4) is 0 Å². The molecule has 0 heterocycles. The molecule has 0 spiro atoms. The van der Waals surface area contributed by atoms with Gasteiger partial charge in [0.15, 0.2) is 0 Å². The number of ether oxygens (including phenoxy) is 1. The lowest BCUT2D eigenvalue weighted by molar-refractivity contribution is -0.384. The first kappa shape index (κ1) is 22.3. The molecule has 0 unspecified atom stereocenters. The van der Waals surface area contributed by atoms with Crippen LogP contribution in [0.3, 0.4) is 0 Å². The van der Waals surface area contributed by atoms with Crippen LogP contribution in [0.15, 0.2) is 53.4 Å². The van der Waals surface area contributed by atoms with Crippen LogP contribution in [0, 0.1) is 15.9 Å². The third-order valence-electron chi connectivity index (χ3n) is 3.75. The number of amides is 1. The van der Waals surface area contributed by atoms with Crippen molar-refractivity contribution >= 4 is 21.8 Å². The maximum absolute atomic E-state index is 14.1. The Labute approximate surface area is 168 Å². The lowest BCUT2D eigenvalue weighted by Crippen LogP contribution is -2.42. The zero-order valence-electron chi connectivity index (χ0n) is 16.2. The molecular weight excluding hydrogens is 403 g/mol. The van der Waals surface area contributed by atoms with E-state index in [9.17, 15) is 27.7 Å². The predicted molar refractivity (Wildman–Crippen MR) is 103 cm³/mol. The number of hydrogen-bond donors (Lipinski definition) is 0. The predicted octanol–water partition coefficient (Wildman–Crippen LogP) is 3.90. The number of hydrogen-bond acceptors (Lipinski definition) is 6. The Hall–Kier alpha value is -3.01. The van der Waals surface area contributed by atoms with Gasteiger partial charge in [-0.25, -0.2) is 17.6 Å². The highest BCUT2D eigenvalue weighted by atomic mass is 32.2. The van der Waals surface area contributed by atoms with Gasteiger partial charge in [-0.3, -0.25) is 10.1 Å². The Morgan fingerprint density at radius 1 is 1.14 bits per heavy atom. The first-order valence-corrected chi connectivity index (χ1v) is 10.1. The van der Waals surface area contributed by atoms with Crippen molar-refractivity contribution in [1.82, 2.24) is 4.31 Å². The van der Waals surface area contributed by atoms with Gasteiger partial charge in [-0.2, -0.15) is 4.31 Å². The van der Waals surface area contributed by atoms with E-state index in [2.05, 4.69) is 0 Å². The summed E-state index contributed by atoms with van der Waals surface area (Å²) in [5.74, 6) is -0.989. The molecule has 0 aliphatic heterocycles. The summed E-state index contributed by atoms with van der Waals surface area (Å²) >= 11 is 0. The molecule has 0 aliphatic rings. The standard InChI is InChI=1S/C19H21FN2O6S/c1-19(2,3)28-18(23)21(29(26,27)17-7-5-4-6-16(17)20)13-12-14-8-10-15(11-9-14)22(24)25/h4-11H,12-13H2,1-3H3. The second-order valence-electron chi connectivity index (χ2n) is 7.16. The van der Waals surface area contributed by atoms with Crippen molar-refractivity contribution < 1.29 is 27.3 Å². The van der Waals surface area contributed by atoms with Crippen LogP contribution in [0.2, 0.25) is 0 Å². The summed E-state index contributed by atoms with van der Waals surface area (Å²) in [7, 11) is -4.52. The molecule has 0 saturated carbocycles. The minimum Gasteiger partial charge on any atom is -0.443 e. The van der Waals surface area contributed by atoms with Gasteiger partial charge >= 0.3 is 6.09 Å². The molecule has 0 saturated heterocycles. The number of halogens is 1. The van der Waals surface area contributed by atoms with Gasteiger partial charge in [-0.05, 0) is 44.9 Å². The van der Waals surface area contributed by atoms with Gasteiger partial charge in [0.2, 0.25) is 0 Å². The zero-order chi connectivity index (χ0) is 21.8. The Bertz CT molecular complexity index is 1000. The van der Waals surface area contributed by atoms with E-state index in [1.54, 1.807) is 20.8 Å². The minimum absolute atomic E-state index is 0.0604. The molecule has 156 valence electrons. The van der Waals surface area contributed by atoms with E-state index in [-0.39, 0.29) is 18.7 Å². The highest BCUT2D eigenvalue weighted by Gasteiger charge is 2.34. The molecule has 2 aromatic rings. The van der Waals surface area contributed by atoms with Crippen LogP contribution in [0.1, 0.15) is 26.3 Å². The molecule has 29 heavy (non-hydrogen) atoms. The van der Waals surface area contributed by atoms with Crippen molar-refractivity contribution in [2.75, 3.05) is 6.54 Å². The topological polar surface area (TPSA) is 107 Å². The Kier molecular flexibility index (Phi) is 6.58. The summed E-state index contributed by atoms with van der Waals surface area (Å²) in [6.45, 7) is 4.41. The fraction of sp³-hybridized carbons (Fsp3) is 0.316. The largest absolute Gasteiger partial charge is 0.443 e. The van der Waals surface area contributed by atoms with E-state index >= 15 is 0 Å². The first-order chi connectivity index (χ1) is 13.4. The monoisotopic (exact) mass is 424 g/mol. The highest BCUT2D eigenvalue weighted by molar-refractivity contribution is 7.89. The van der Waals surface area contributed by atoms with Crippen molar-refractivity contribution in [3.63, 3.8) is 0 Å². The van der Waals surface area contributed by atoms with Gasteiger partial charge in [0.25, 0.3) is 15.7 Å². The molecule has 0 radical (unpaired) electrons. The van der Waals surface area contributed by atoms with Crippen LogP contribution in [0.25, 0.3) is 0 Å². The third-order valence-corrected chi connectivity index (χ3v) is 5.55.